The van der Waals surface area contributed by atoms with Crippen LogP contribution in [-0.4, -0.2) is 50.1 Å². The fraction of sp³-hybridized carbons (Fsp3) is 0.565. The zero-order chi connectivity index (χ0) is 22.7. The van der Waals surface area contributed by atoms with Crippen molar-refractivity contribution < 1.29 is 19.3 Å². The van der Waals surface area contributed by atoms with Gasteiger partial charge in [-0.15, -0.1) is 0 Å². The molecule has 32 heavy (non-hydrogen) atoms. The van der Waals surface area contributed by atoms with E-state index in [9.17, 15) is 19.5 Å². The molecule has 2 aromatic heterocycles. The molecular formula is C23H30N5O4+. The minimum atomic E-state index is -0.606. The predicted molar refractivity (Wildman–Crippen MR) is 117 cm³/mol. The Hall–Kier alpha value is -3.10. The number of rotatable bonds is 6. The molecule has 2 atom stereocenters. The quantitative estimate of drug-likeness (QED) is 0.462. The minimum Gasteiger partial charge on any atom is -0.477 e. The maximum atomic E-state index is 13.2. The molecule has 1 aliphatic heterocycles. The fourth-order valence-corrected chi connectivity index (χ4v) is 4.76. The Kier molecular flexibility index (Phi) is 4.87. The van der Waals surface area contributed by atoms with Gasteiger partial charge in [-0.05, 0) is 50.5 Å². The number of piperidine rings is 1. The number of hydrogen-bond donors (Lipinski definition) is 3. The summed E-state index contributed by atoms with van der Waals surface area (Å²) in [4.78, 5) is 40.6. The van der Waals surface area contributed by atoms with Crippen LogP contribution in [0.1, 0.15) is 61.1 Å². The van der Waals surface area contributed by atoms with E-state index in [-0.39, 0.29) is 29.3 Å². The smallest absolute Gasteiger partial charge is 0.378 e. The first kappa shape index (κ1) is 20.8. The Balaban J connectivity index is 1.59. The number of amides is 2. The standard InChI is InChI=1S/C23H29N5O4/c1-12(2)11-27-21-16(6-7-18(29)26-9-8-14-10-17(14)26)13(3)25-28(21)23(32)19(22(27)31)20(30)24-15-4-5-15/h6-7,12,14-15,17H,4-5,8-11H2,1-3H3,(H2,24,30,31,32)/p+1/b7-6+. The molecule has 2 aliphatic carbocycles. The van der Waals surface area contributed by atoms with Gasteiger partial charge in [0.05, 0.1) is 17.8 Å². The van der Waals surface area contributed by atoms with E-state index in [0.717, 1.165) is 32.2 Å². The molecule has 5 rings (SSSR count). The number of hydrogen-bond acceptors (Lipinski definition) is 4. The molecule has 2 unspecified atom stereocenters. The van der Waals surface area contributed by atoms with Crippen LogP contribution in [0.5, 0.6) is 5.88 Å². The summed E-state index contributed by atoms with van der Waals surface area (Å²) in [7, 11) is 0. The van der Waals surface area contributed by atoms with Crippen molar-refractivity contribution in [3.63, 3.8) is 0 Å². The van der Waals surface area contributed by atoms with Gasteiger partial charge in [0.25, 0.3) is 5.91 Å². The highest BCUT2D eigenvalue weighted by Crippen LogP contribution is 2.44. The summed E-state index contributed by atoms with van der Waals surface area (Å²) in [5, 5.41) is 16.8. The molecule has 9 heteroatoms. The molecule has 3 heterocycles. The molecule has 3 N–H and O–H groups in total. The van der Waals surface area contributed by atoms with Gasteiger partial charge in [0, 0.05) is 24.7 Å². The second kappa shape index (κ2) is 7.50. The van der Waals surface area contributed by atoms with E-state index in [0.29, 0.717) is 35.4 Å². The molecule has 2 saturated carbocycles. The van der Waals surface area contributed by atoms with Gasteiger partial charge in [0.1, 0.15) is 0 Å². The molecule has 2 amide bonds. The lowest BCUT2D eigenvalue weighted by Crippen LogP contribution is -2.46. The number of aryl methyl sites for hydroxylation is 1. The number of nitrogens with one attached hydrogen (secondary N) is 2. The summed E-state index contributed by atoms with van der Waals surface area (Å²) in [5.41, 5.74) is 0.891. The first-order valence-corrected chi connectivity index (χ1v) is 11.5. The number of carbonyl (C=O) groups excluding carboxylic acids is 2. The number of fused-ring (bicyclic) bond motifs is 2. The summed E-state index contributed by atoms with van der Waals surface area (Å²) < 4.78 is 2.89. The Morgan fingerprint density at radius 1 is 1.31 bits per heavy atom. The molecule has 0 aromatic carbocycles. The van der Waals surface area contributed by atoms with Crippen molar-refractivity contribution in [1.82, 2.24) is 19.8 Å². The molecule has 9 nitrogen and oxygen atoms in total. The molecule has 1 saturated heterocycles. The van der Waals surface area contributed by atoms with Crippen molar-refractivity contribution in [3.8, 4) is 5.88 Å². The monoisotopic (exact) mass is 440 g/mol. The predicted octanol–water partition coefficient (Wildman–Crippen LogP) is 1.11. The third-order valence-corrected chi connectivity index (χ3v) is 6.68. The first-order chi connectivity index (χ1) is 15.3. The SMILES string of the molecule is Cc1[nH]n2c(=O)c(C(=O)NC3CC3)c(O)[n+](CC(C)C)c2c1/C=C/C(=O)N1CCC2CC21. The zero-order valence-corrected chi connectivity index (χ0v) is 18.7. The van der Waals surface area contributed by atoms with E-state index in [1.54, 1.807) is 16.7 Å². The van der Waals surface area contributed by atoms with Crippen LogP contribution in [0.4, 0.5) is 0 Å². The third-order valence-electron chi connectivity index (χ3n) is 6.68. The Labute approximate surface area is 185 Å². The van der Waals surface area contributed by atoms with Crippen LogP contribution in [0.25, 0.3) is 11.7 Å². The van der Waals surface area contributed by atoms with Gasteiger partial charge in [-0.3, -0.25) is 9.59 Å². The van der Waals surface area contributed by atoms with Gasteiger partial charge in [-0.25, -0.2) is 9.89 Å². The molecular weight excluding hydrogens is 410 g/mol. The Morgan fingerprint density at radius 3 is 2.66 bits per heavy atom. The lowest BCUT2D eigenvalue weighted by Gasteiger charge is -2.15. The van der Waals surface area contributed by atoms with Crippen LogP contribution in [0.3, 0.4) is 0 Å². The van der Waals surface area contributed by atoms with Crippen molar-refractivity contribution >= 4 is 23.5 Å². The second-order valence-electron chi connectivity index (χ2n) is 9.78. The number of likely N-dealkylation sites (tertiary alicyclic amines) is 1. The summed E-state index contributed by atoms with van der Waals surface area (Å²) in [6.45, 7) is 7.00. The molecule has 170 valence electrons. The highest BCUT2D eigenvalue weighted by atomic mass is 16.3. The summed E-state index contributed by atoms with van der Waals surface area (Å²) >= 11 is 0. The first-order valence-electron chi connectivity index (χ1n) is 11.5. The van der Waals surface area contributed by atoms with Crippen LogP contribution in [0.15, 0.2) is 10.9 Å². The van der Waals surface area contributed by atoms with Crippen molar-refractivity contribution in [2.75, 3.05) is 6.54 Å². The van der Waals surface area contributed by atoms with Crippen LogP contribution >= 0.6 is 0 Å². The van der Waals surface area contributed by atoms with Gasteiger partial charge in [-0.2, -0.15) is 4.57 Å². The van der Waals surface area contributed by atoms with Crippen molar-refractivity contribution in [2.45, 2.75) is 65.1 Å². The van der Waals surface area contributed by atoms with Crippen molar-refractivity contribution in [2.24, 2.45) is 11.8 Å². The summed E-state index contributed by atoms with van der Waals surface area (Å²) in [6.07, 6.45) is 7.18. The highest BCUT2D eigenvalue weighted by Gasteiger charge is 2.48. The largest absolute Gasteiger partial charge is 0.477 e. The number of nitrogens with zero attached hydrogens (tertiary/aromatic N) is 3. The van der Waals surface area contributed by atoms with E-state index in [1.165, 1.54) is 4.52 Å². The molecule has 3 aliphatic rings. The van der Waals surface area contributed by atoms with Gasteiger partial charge >= 0.3 is 17.1 Å². The van der Waals surface area contributed by atoms with E-state index >= 15 is 0 Å². The zero-order valence-electron chi connectivity index (χ0n) is 18.7. The molecule has 0 radical (unpaired) electrons. The Bertz CT molecular complexity index is 1200. The van der Waals surface area contributed by atoms with Crippen molar-refractivity contribution in [1.29, 1.82) is 0 Å². The average Bonchev–Trinajstić information content (AvgIpc) is 3.64. The normalized spacial score (nSPS) is 22.2. The molecule has 0 bridgehead atoms. The lowest BCUT2D eigenvalue weighted by atomic mass is 10.1. The van der Waals surface area contributed by atoms with Gasteiger partial charge in [0.15, 0.2) is 0 Å². The molecule has 3 fully saturated rings. The number of H-pyrrole nitrogens is 1. The molecule has 0 spiro atoms. The average molecular weight is 441 g/mol. The second-order valence-corrected chi connectivity index (χ2v) is 9.78. The van der Waals surface area contributed by atoms with Crippen LogP contribution in [0.2, 0.25) is 0 Å². The summed E-state index contributed by atoms with van der Waals surface area (Å²) in [5.74, 6) is -0.129. The Morgan fingerprint density at radius 2 is 2.06 bits per heavy atom. The maximum absolute atomic E-state index is 13.2. The summed E-state index contributed by atoms with van der Waals surface area (Å²) in [6, 6.07) is 0.438. The van der Waals surface area contributed by atoms with Gasteiger partial charge < -0.3 is 15.3 Å². The van der Waals surface area contributed by atoms with Gasteiger partial charge in [0.2, 0.25) is 11.5 Å². The number of aromatic nitrogens is 3. The number of aromatic hydroxyl groups is 1. The van der Waals surface area contributed by atoms with E-state index in [2.05, 4.69) is 10.4 Å². The topological polar surface area (TPSA) is 111 Å². The van der Waals surface area contributed by atoms with E-state index in [1.807, 2.05) is 25.7 Å². The number of aromatic amines is 1. The fourth-order valence-electron chi connectivity index (χ4n) is 4.76. The van der Waals surface area contributed by atoms with Crippen molar-refractivity contribution in [3.05, 3.63) is 33.3 Å². The van der Waals surface area contributed by atoms with Gasteiger partial charge in [-0.1, -0.05) is 18.4 Å². The minimum absolute atomic E-state index is 0.0313. The maximum Gasteiger partial charge on any atom is 0.378 e. The highest BCUT2D eigenvalue weighted by molar-refractivity contribution is 5.96. The van der Waals surface area contributed by atoms with Crippen LogP contribution in [-0.2, 0) is 11.3 Å². The molecule has 2 aromatic rings. The van der Waals surface area contributed by atoms with Crippen LogP contribution in [0, 0.1) is 18.8 Å². The third kappa shape index (κ3) is 3.49. The lowest BCUT2D eigenvalue weighted by molar-refractivity contribution is -0.686. The van der Waals surface area contributed by atoms with E-state index < -0.39 is 11.5 Å². The van der Waals surface area contributed by atoms with Crippen LogP contribution < -0.4 is 15.4 Å². The number of carbonyl (C=O) groups is 2. The van der Waals surface area contributed by atoms with E-state index in [4.69, 9.17) is 0 Å².